The molecule has 2 atom stereocenters. The van der Waals surface area contributed by atoms with E-state index in [1.807, 2.05) is 45.3 Å². The number of fused-ring (bicyclic) bond motifs is 1. The first-order valence-electron chi connectivity index (χ1n) is 13.4. The zero-order chi connectivity index (χ0) is 26.8. The van der Waals surface area contributed by atoms with Crippen LogP contribution in [0.1, 0.15) is 74.7 Å². The summed E-state index contributed by atoms with van der Waals surface area (Å²) in [5.41, 5.74) is 4.58. The van der Waals surface area contributed by atoms with Crippen LogP contribution in [-0.4, -0.2) is 67.0 Å². The van der Waals surface area contributed by atoms with Crippen molar-refractivity contribution in [2.24, 2.45) is 4.99 Å². The Morgan fingerprint density at radius 3 is 2.86 bits per heavy atom. The molecule has 1 aliphatic rings. The Hall–Kier alpha value is -3.03. The van der Waals surface area contributed by atoms with Crippen molar-refractivity contribution in [2.45, 2.75) is 58.5 Å². The number of ether oxygens (including phenoxy) is 1. The first kappa shape index (κ1) is 28.5. The highest BCUT2D eigenvalue weighted by atomic mass is 16.5. The molecule has 0 saturated carbocycles. The number of aliphatic imine (C=N–C) groups is 1. The average Bonchev–Trinajstić information content (AvgIpc) is 3.28. The van der Waals surface area contributed by atoms with Crippen LogP contribution in [0.2, 0.25) is 0 Å². The van der Waals surface area contributed by atoms with Crippen LogP contribution in [0, 0.1) is 0 Å². The average molecular weight is 506 g/mol. The van der Waals surface area contributed by atoms with Gasteiger partial charge in [0.15, 0.2) is 0 Å². The number of amides is 1. The van der Waals surface area contributed by atoms with E-state index in [-0.39, 0.29) is 18.0 Å². The second kappa shape index (κ2) is 14.1. The minimum absolute atomic E-state index is 0.0421. The molecule has 1 amide bonds. The Labute approximate surface area is 222 Å². The fraction of sp³-hybridized carbons (Fsp3) is 0.500. The molecule has 0 spiro atoms. The van der Waals surface area contributed by atoms with Crippen molar-refractivity contribution in [1.29, 1.82) is 0 Å². The molecule has 0 aliphatic carbocycles. The summed E-state index contributed by atoms with van der Waals surface area (Å²) in [7, 11) is 5.77. The van der Waals surface area contributed by atoms with Gasteiger partial charge < -0.3 is 19.5 Å². The van der Waals surface area contributed by atoms with Crippen LogP contribution in [-0.2, 0) is 4.74 Å². The van der Waals surface area contributed by atoms with Gasteiger partial charge in [-0.3, -0.25) is 9.79 Å². The molecule has 1 aliphatic heterocycles. The minimum Gasteiger partial charge on any atom is -0.381 e. The third-order valence-electron chi connectivity index (χ3n) is 6.59. The number of imidazole rings is 1. The fourth-order valence-electron chi connectivity index (χ4n) is 4.70. The number of rotatable bonds is 13. The number of aromatic nitrogens is 2. The van der Waals surface area contributed by atoms with Crippen LogP contribution in [0.4, 0.5) is 0 Å². The zero-order valence-corrected chi connectivity index (χ0v) is 23.3. The number of nitrogens with one attached hydrogen (secondary N) is 1. The molecule has 7 heteroatoms. The van der Waals surface area contributed by atoms with E-state index in [4.69, 9.17) is 14.7 Å². The number of hydrogen-bond donors (Lipinski definition) is 1. The molecule has 2 heterocycles. The lowest BCUT2D eigenvalue weighted by Crippen LogP contribution is -2.27. The minimum atomic E-state index is -0.0826. The van der Waals surface area contributed by atoms with E-state index in [1.165, 1.54) is 0 Å². The summed E-state index contributed by atoms with van der Waals surface area (Å²) >= 11 is 0. The molecule has 0 radical (unpaired) electrons. The van der Waals surface area contributed by atoms with Gasteiger partial charge in [0.25, 0.3) is 5.91 Å². The normalized spacial score (nSPS) is 17.1. The zero-order valence-electron chi connectivity index (χ0n) is 23.3. The molecule has 1 aromatic carbocycles. The lowest BCUT2D eigenvalue weighted by atomic mass is 10.0. The van der Waals surface area contributed by atoms with Crippen LogP contribution in [0.3, 0.4) is 0 Å². The van der Waals surface area contributed by atoms with Crippen molar-refractivity contribution < 1.29 is 9.53 Å². The van der Waals surface area contributed by atoms with E-state index >= 15 is 0 Å². The summed E-state index contributed by atoms with van der Waals surface area (Å²) in [5, 5.41) is 3.06. The van der Waals surface area contributed by atoms with Gasteiger partial charge in [-0.05, 0) is 83.6 Å². The van der Waals surface area contributed by atoms with Crippen LogP contribution in [0.25, 0.3) is 11.0 Å². The topological polar surface area (TPSA) is 71.8 Å². The van der Waals surface area contributed by atoms with Crippen LogP contribution in [0.15, 0.2) is 59.1 Å². The highest BCUT2D eigenvalue weighted by Crippen LogP contribution is 2.33. The molecule has 3 rings (SSSR count). The number of methoxy groups -OCH3 is 1. The van der Waals surface area contributed by atoms with E-state index in [0.717, 1.165) is 60.4 Å². The van der Waals surface area contributed by atoms with Gasteiger partial charge in [0.05, 0.1) is 23.4 Å². The van der Waals surface area contributed by atoms with E-state index < -0.39 is 0 Å². The van der Waals surface area contributed by atoms with Gasteiger partial charge in [-0.1, -0.05) is 37.6 Å². The van der Waals surface area contributed by atoms with Gasteiger partial charge in [-0.15, -0.1) is 0 Å². The number of dihydropyridines is 1. The van der Waals surface area contributed by atoms with E-state index in [2.05, 4.69) is 52.9 Å². The Bertz CT molecular complexity index is 1170. The summed E-state index contributed by atoms with van der Waals surface area (Å²) < 4.78 is 7.47. The number of carbonyl (C=O) groups is 1. The molecule has 0 bridgehead atoms. The molecule has 1 N–H and O–H groups in total. The third kappa shape index (κ3) is 7.49. The quantitative estimate of drug-likeness (QED) is 0.281. The van der Waals surface area contributed by atoms with Gasteiger partial charge in [0, 0.05) is 25.3 Å². The highest BCUT2D eigenvalue weighted by molar-refractivity contribution is 6.10. The largest absolute Gasteiger partial charge is 0.381 e. The van der Waals surface area contributed by atoms with Gasteiger partial charge in [-0.2, -0.15) is 0 Å². The Balaban J connectivity index is 1.96. The summed E-state index contributed by atoms with van der Waals surface area (Å²) in [5.74, 6) is 0.914. The predicted molar refractivity (Wildman–Crippen MR) is 154 cm³/mol. The maximum absolute atomic E-state index is 12.9. The summed E-state index contributed by atoms with van der Waals surface area (Å²) in [6.45, 7) is 8.62. The summed E-state index contributed by atoms with van der Waals surface area (Å²) in [6, 6.07) is 6.00. The molecule has 7 nitrogen and oxygen atoms in total. The molecular formula is C30H43N5O2. The van der Waals surface area contributed by atoms with Crippen molar-refractivity contribution in [2.75, 3.05) is 40.9 Å². The second-order valence-electron chi connectivity index (χ2n) is 9.86. The first-order chi connectivity index (χ1) is 17.9. The Kier molecular flexibility index (Phi) is 10.8. The third-order valence-corrected chi connectivity index (χ3v) is 6.59. The number of nitrogens with zero attached hydrogens (tertiary/aromatic N) is 4. The lowest BCUT2D eigenvalue weighted by Gasteiger charge is -2.22. The van der Waals surface area contributed by atoms with E-state index in [9.17, 15) is 4.79 Å². The molecule has 2 unspecified atom stereocenters. The molecule has 0 fully saturated rings. The lowest BCUT2D eigenvalue weighted by molar-refractivity contribution is 0.0952. The molecular weight excluding hydrogens is 462 g/mol. The maximum atomic E-state index is 12.9. The molecule has 37 heavy (non-hydrogen) atoms. The molecule has 2 aromatic rings. The monoisotopic (exact) mass is 505 g/mol. The smallest absolute Gasteiger partial charge is 0.251 e. The van der Waals surface area contributed by atoms with Crippen LogP contribution >= 0.6 is 0 Å². The summed E-state index contributed by atoms with van der Waals surface area (Å²) in [4.78, 5) is 25.2. The van der Waals surface area contributed by atoms with Gasteiger partial charge >= 0.3 is 0 Å². The first-order valence-corrected chi connectivity index (χ1v) is 13.4. The SMILES string of the molecule is C/C=C(\C=C/COC)C1=NC(c2nc3ccc(C(=O)NCCCN(C)C)cc3n2C(C)CCC)CC=C1. The molecule has 200 valence electrons. The molecule has 1 aromatic heterocycles. The maximum Gasteiger partial charge on any atom is 0.251 e. The van der Waals surface area contributed by atoms with Crippen molar-refractivity contribution in [3.8, 4) is 0 Å². The van der Waals surface area contributed by atoms with E-state index in [0.29, 0.717) is 18.7 Å². The van der Waals surface area contributed by atoms with Crippen molar-refractivity contribution in [1.82, 2.24) is 19.8 Å². The van der Waals surface area contributed by atoms with Crippen molar-refractivity contribution >= 4 is 22.7 Å². The highest BCUT2D eigenvalue weighted by Gasteiger charge is 2.24. The summed E-state index contributed by atoms with van der Waals surface area (Å²) in [6.07, 6.45) is 14.2. The predicted octanol–water partition coefficient (Wildman–Crippen LogP) is 5.67. The standard InChI is InChI=1S/C30H43N5O2/c1-7-12-22(3)35-28-21-24(30(36)31-18-11-19-34(4)5)16-17-26(28)33-29(35)27-15-9-14-25(32-27)23(8-2)13-10-20-37-6/h8-10,13-14,16-17,21-22,27H,7,11-12,15,18-20H2,1-6H3,(H,31,36)/b13-10-,23-8+. The molecule has 0 saturated heterocycles. The van der Waals surface area contributed by atoms with E-state index in [1.54, 1.807) is 7.11 Å². The Morgan fingerprint density at radius 1 is 1.35 bits per heavy atom. The van der Waals surface area contributed by atoms with Gasteiger partial charge in [0.1, 0.15) is 11.9 Å². The number of benzene rings is 1. The van der Waals surface area contributed by atoms with Gasteiger partial charge in [-0.25, -0.2) is 4.98 Å². The fourth-order valence-corrected chi connectivity index (χ4v) is 4.70. The second-order valence-corrected chi connectivity index (χ2v) is 9.86. The number of carbonyl (C=O) groups excluding carboxylic acids is 1. The van der Waals surface area contributed by atoms with Gasteiger partial charge in [0.2, 0.25) is 0 Å². The van der Waals surface area contributed by atoms with Crippen LogP contribution < -0.4 is 5.32 Å². The Morgan fingerprint density at radius 2 is 2.16 bits per heavy atom. The number of hydrogen-bond acceptors (Lipinski definition) is 5. The van der Waals surface area contributed by atoms with Crippen molar-refractivity contribution in [3.63, 3.8) is 0 Å². The van der Waals surface area contributed by atoms with Crippen molar-refractivity contribution in [3.05, 3.63) is 65.5 Å². The van der Waals surface area contributed by atoms with Crippen LogP contribution in [0.5, 0.6) is 0 Å². The number of allylic oxidation sites excluding steroid dienone is 4.